The van der Waals surface area contributed by atoms with Gasteiger partial charge in [-0.3, -0.25) is 0 Å². The lowest BCUT2D eigenvalue weighted by molar-refractivity contribution is 0.669. The van der Waals surface area contributed by atoms with E-state index in [0.29, 0.717) is 0 Å². The van der Waals surface area contributed by atoms with Crippen molar-refractivity contribution in [2.75, 3.05) is 0 Å². The smallest absolute Gasteiger partial charge is 0.143 e. The van der Waals surface area contributed by atoms with Crippen molar-refractivity contribution in [3.05, 3.63) is 231 Å². The van der Waals surface area contributed by atoms with Crippen LogP contribution in [0.15, 0.2) is 239 Å². The van der Waals surface area contributed by atoms with Crippen LogP contribution in [0.1, 0.15) is 0 Å². The first-order chi connectivity index (χ1) is 32.8. The van der Waals surface area contributed by atoms with Gasteiger partial charge in [0.25, 0.3) is 0 Å². The molecule has 2 aromatic heterocycles. The van der Waals surface area contributed by atoms with Gasteiger partial charge in [-0.05, 0) is 118 Å². The highest BCUT2D eigenvalue weighted by atomic mass is 16.3. The first-order valence-electron chi connectivity index (χ1n) is 22.7. The largest absolute Gasteiger partial charge is 0.456 e. The number of benzene rings is 12. The van der Waals surface area contributed by atoms with Gasteiger partial charge in [-0.15, -0.1) is 0 Å². The van der Waals surface area contributed by atoms with E-state index in [4.69, 9.17) is 8.83 Å². The van der Waals surface area contributed by atoms with E-state index in [2.05, 4.69) is 231 Å². The monoisotopic (exact) mass is 838 g/mol. The summed E-state index contributed by atoms with van der Waals surface area (Å²) in [6, 6.07) is 83.3. The summed E-state index contributed by atoms with van der Waals surface area (Å²) in [5, 5.41) is 14.1. The number of hydrogen-bond acceptors (Lipinski definition) is 2. The molecule has 306 valence electrons. The third-order valence-electron chi connectivity index (χ3n) is 13.9. The van der Waals surface area contributed by atoms with Gasteiger partial charge in [0.15, 0.2) is 0 Å². The summed E-state index contributed by atoms with van der Waals surface area (Å²) >= 11 is 0. The Balaban J connectivity index is 1.01. The quantitative estimate of drug-likeness (QED) is 0.161. The zero-order chi connectivity index (χ0) is 43.3. The molecule has 12 aromatic carbocycles. The number of fused-ring (bicyclic) bond motifs is 10. The predicted octanol–water partition coefficient (Wildman–Crippen LogP) is 18.4. The van der Waals surface area contributed by atoms with Crippen LogP contribution in [-0.2, 0) is 0 Å². The Morgan fingerprint density at radius 3 is 1.18 bits per heavy atom. The molecule has 0 bridgehead atoms. The fraction of sp³-hybridized carbons (Fsp3) is 0. The second-order valence-electron chi connectivity index (χ2n) is 17.4. The summed E-state index contributed by atoms with van der Waals surface area (Å²) in [4.78, 5) is 0. The van der Waals surface area contributed by atoms with Crippen molar-refractivity contribution in [3.8, 4) is 55.6 Å². The van der Waals surface area contributed by atoms with Crippen LogP contribution in [0.3, 0.4) is 0 Å². The molecule has 0 fully saturated rings. The van der Waals surface area contributed by atoms with Gasteiger partial charge in [0.05, 0.1) is 0 Å². The summed E-state index contributed by atoms with van der Waals surface area (Å²) in [6.07, 6.45) is 0. The number of furan rings is 2. The van der Waals surface area contributed by atoms with Crippen LogP contribution in [0.4, 0.5) is 0 Å². The summed E-state index contributed by atoms with van der Waals surface area (Å²) in [7, 11) is 0. The van der Waals surface area contributed by atoms with E-state index >= 15 is 0 Å². The van der Waals surface area contributed by atoms with Gasteiger partial charge in [-0.1, -0.05) is 200 Å². The SMILES string of the molecule is c1ccc(-c2ccc3oc4ccc(-c5c6ccccc6c(-c6cccc7oc8c(-c9c%10ccccc%10c(-c%10ccccc%10)c%10ccccc9%10)cccc8c67)c6ccccc56)cc4c3c2)cc1. The number of hydrogen-bond donors (Lipinski definition) is 0. The molecule has 66 heavy (non-hydrogen) atoms. The lowest BCUT2D eigenvalue weighted by Crippen LogP contribution is -1.91. The lowest BCUT2D eigenvalue weighted by Gasteiger charge is -2.18. The average Bonchev–Trinajstić information content (AvgIpc) is 3.96. The lowest BCUT2D eigenvalue weighted by atomic mass is 9.84. The molecular formula is C64H38O2. The molecule has 2 heterocycles. The highest BCUT2D eigenvalue weighted by molar-refractivity contribution is 6.28. The summed E-state index contributed by atoms with van der Waals surface area (Å²) < 4.78 is 13.6. The van der Waals surface area contributed by atoms with Crippen molar-refractivity contribution in [2.24, 2.45) is 0 Å². The summed E-state index contributed by atoms with van der Waals surface area (Å²) in [5.41, 5.74) is 15.4. The van der Waals surface area contributed by atoms with Crippen LogP contribution < -0.4 is 0 Å². The molecule has 14 rings (SSSR count). The molecule has 0 saturated carbocycles. The third kappa shape index (κ3) is 5.42. The van der Waals surface area contributed by atoms with Gasteiger partial charge in [0.1, 0.15) is 22.3 Å². The zero-order valence-corrected chi connectivity index (χ0v) is 35.8. The second kappa shape index (κ2) is 14.4. The van der Waals surface area contributed by atoms with E-state index in [1.807, 2.05) is 0 Å². The van der Waals surface area contributed by atoms with E-state index in [1.165, 1.54) is 82.0 Å². The van der Waals surface area contributed by atoms with E-state index in [-0.39, 0.29) is 0 Å². The van der Waals surface area contributed by atoms with Crippen molar-refractivity contribution in [1.29, 1.82) is 0 Å². The van der Waals surface area contributed by atoms with Crippen molar-refractivity contribution < 1.29 is 8.83 Å². The van der Waals surface area contributed by atoms with Crippen LogP contribution in [-0.4, -0.2) is 0 Å². The van der Waals surface area contributed by atoms with Crippen LogP contribution in [0, 0.1) is 0 Å². The molecule has 14 aromatic rings. The maximum atomic E-state index is 7.13. The Morgan fingerprint density at radius 1 is 0.212 bits per heavy atom. The molecule has 0 aliphatic carbocycles. The fourth-order valence-corrected chi connectivity index (χ4v) is 11.1. The minimum absolute atomic E-state index is 0.869. The maximum absolute atomic E-state index is 7.13. The molecule has 0 aliphatic rings. The van der Waals surface area contributed by atoms with Gasteiger partial charge in [0.2, 0.25) is 0 Å². The van der Waals surface area contributed by atoms with E-state index in [9.17, 15) is 0 Å². The molecule has 0 spiro atoms. The Labute approximate surface area is 380 Å². The molecule has 0 amide bonds. The minimum Gasteiger partial charge on any atom is -0.456 e. The van der Waals surface area contributed by atoms with Crippen molar-refractivity contribution >= 4 is 87.0 Å². The minimum atomic E-state index is 0.869. The van der Waals surface area contributed by atoms with Crippen molar-refractivity contribution in [2.45, 2.75) is 0 Å². The highest BCUT2D eigenvalue weighted by Gasteiger charge is 2.24. The van der Waals surface area contributed by atoms with Crippen LogP contribution >= 0.6 is 0 Å². The molecule has 0 aliphatic heterocycles. The highest BCUT2D eigenvalue weighted by Crippen LogP contribution is 2.50. The van der Waals surface area contributed by atoms with E-state index < -0.39 is 0 Å². The average molecular weight is 839 g/mol. The summed E-state index contributed by atoms with van der Waals surface area (Å²) in [6.45, 7) is 0. The molecule has 0 radical (unpaired) electrons. The molecule has 2 nitrogen and oxygen atoms in total. The second-order valence-corrected chi connectivity index (χ2v) is 17.4. The van der Waals surface area contributed by atoms with E-state index in [1.54, 1.807) is 0 Å². The normalized spacial score (nSPS) is 11.9. The van der Waals surface area contributed by atoms with Crippen LogP contribution in [0.5, 0.6) is 0 Å². The van der Waals surface area contributed by atoms with E-state index in [0.717, 1.165) is 60.6 Å². The van der Waals surface area contributed by atoms with Gasteiger partial charge >= 0.3 is 0 Å². The summed E-state index contributed by atoms with van der Waals surface area (Å²) in [5.74, 6) is 0. The molecule has 0 unspecified atom stereocenters. The standard InChI is InChI=1S/C64H38O2/c1-3-17-39(18-4-1)41-33-35-56-54(37-41)55-38-42(34-36-57(55)65-56)60-45-23-9-11-25-47(45)61(48-26-12-10-24-46(48)60)51-29-16-32-58-63(51)53-31-15-30-52(64(53)66-58)62-49-27-13-7-21-43(49)59(40-19-5-2-6-20-40)44-22-8-14-28-50(44)62/h1-38H. The van der Waals surface area contributed by atoms with Gasteiger partial charge < -0.3 is 8.83 Å². The van der Waals surface area contributed by atoms with Crippen molar-refractivity contribution in [1.82, 2.24) is 0 Å². The Kier molecular flexibility index (Phi) is 8.02. The van der Waals surface area contributed by atoms with Crippen LogP contribution in [0.25, 0.3) is 143 Å². The first kappa shape index (κ1) is 36.7. The number of rotatable bonds is 5. The van der Waals surface area contributed by atoms with Crippen LogP contribution in [0.2, 0.25) is 0 Å². The fourth-order valence-electron chi connectivity index (χ4n) is 11.1. The first-order valence-corrected chi connectivity index (χ1v) is 22.7. The maximum Gasteiger partial charge on any atom is 0.143 e. The zero-order valence-electron chi connectivity index (χ0n) is 35.8. The molecule has 0 saturated heterocycles. The van der Waals surface area contributed by atoms with Gasteiger partial charge in [-0.2, -0.15) is 0 Å². The van der Waals surface area contributed by atoms with Gasteiger partial charge in [0, 0.05) is 32.7 Å². The molecule has 0 atom stereocenters. The molecule has 0 N–H and O–H groups in total. The van der Waals surface area contributed by atoms with Crippen molar-refractivity contribution in [3.63, 3.8) is 0 Å². The third-order valence-corrected chi connectivity index (χ3v) is 13.9. The Hall–Kier alpha value is -8.72. The molecule has 2 heteroatoms. The Bertz CT molecular complexity index is 4150. The predicted molar refractivity (Wildman–Crippen MR) is 278 cm³/mol. The Morgan fingerprint density at radius 2 is 0.621 bits per heavy atom. The number of para-hydroxylation sites is 1. The molecular weight excluding hydrogens is 801 g/mol. The van der Waals surface area contributed by atoms with Gasteiger partial charge in [-0.25, -0.2) is 0 Å². The topological polar surface area (TPSA) is 26.3 Å².